The molecule has 1 saturated heterocycles. The minimum absolute atomic E-state index is 0.193. The summed E-state index contributed by atoms with van der Waals surface area (Å²) < 4.78 is 11.1. The van der Waals surface area contributed by atoms with E-state index < -0.39 is 7.60 Å². The highest BCUT2D eigenvalue weighted by Gasteiger charge is 2.20. The van der Waals surface area contributed by atoms with Crippen LogP contribution in [0.15, 0.2) is 42.5 Å². The van der Waals surface area contributed by atoms with E-state index in [-0.39, 0.29) is 6.16 Å². The van der Waals surface area contributed by atoms with Gasteiger partial charge < -0.3 is 14.7 Å². The maximum absolute atomic E-state index is 11.1. The first-order chi connectivity index (χ1) is 12.3. The number of hydrogen-bond acceptors (Lipinski definition) is 3. The molecular formula is C20H27N2O3P. The molecule has 140 valence electrons. The molecule has 1 heterocycles. The van der Waals surface area contributed by atoms with E-state index in [1.807, 2.05) is 24.3 Å². The van der Waals surface area contributed by atoms with E-state index in [9.17, 15) is 4.57 Å². The van der Waals surface area contributed by atoms with Crippen molar-refractivity contribution in [1.29, 1.82) is 0 Å². The van der Waals surface area contributed by atoms with Gasteiger partial charge in [0.05, 0.1) is 6.16 Å². The lowest BCUT2D eigenvalue weighted by molar-refractivity contribution is 0.249. The van der Waals surface area contributed by atoms with Crippen LogP contribution in [0.3, 0.4) is 0 Å². The van der Waals surface area contributed by atoms with E-state index in [0.29, 0.717) is 5.56 Å². The molecule has 2 N–H and O–H groups in total. The predicted molar refractivity (Wildman–Crippen MR) is 106 cm³/mol. The molecule has 6 heteroatoms. The molecule has 0 bridgehead atoms. The second-order valence-electron chi connectivity index (χ2n) is 7.14. The smallest absolute Gasteiger partial charge is 0.329 e. The average molecular weight is 374 g/mol. The minimum Gasteiger partial charge on any atom is -0.369 e. The lowest BCUT2D eigenvalue weighted by atomic mass is 10.1. The highest BCUT2D eigenvalue weighted by atomic mass is 31.2. The summed E-state index contributed by atoms with van der Waals surface area (Å²) in [4.78, 5) is 23.0. The van der Waals surface area contributed by atoms with Gasteiger partial charge in [0.2, 0.25) is 0 Å². The van der Waals surface area contributed by atoms with Crippen molar-refractivity contribution in [2.75, 3.05) is 31.1 Å². The Kier molecular flexibility index (Phi) is 5.83. The summed E-state index contributed by atoms with van der Waals surface area (Å²) in [7, 11) is -4.00. The molecule has 26 heavy (non-hydrogen) atoms. The summed E-state index contributed by atoms with van der Waals surface area (Å²) in [6.45, 7) is 9.28. The van der Waals surface area contributed by atoms with Gasteiger partial charge in [-0.15, -0.1) is 0 Å². The third-order valence-electron chi connectivity index (χ3n) is 4.95. The van der Waals surface area contributed by atoms with Crippen molar-refractivity contribution in [2.24, 2.45) is 0 Å². The molecule has 0 aliphatic carbocycles. The normalized spacial score (nSPS) is 16.1. The van der Waals surface area contributed by atoms with Gasteiger partial charge in [0.25, 0.3) is 0 Å². The van der Waals surface area contributed by atoms with Gasteiger partial charge in [-0.25, -0.2) is 0 Å². The van der Waals surface area contributed by atoms with Crippen molar-refractivity contribution in [2.45, 2.75) is 26.6 Å². The van der Waals surface area contributed by atoms with Crippen LogP contribution in [0.1, 0.15) is 22.3 Å². The SMILES string of the molecule is Cc1cccc(C)c1N1CCN(Cc2ccc(CP(=O)(O)O)cc2)CC1. The average Bonchev–Trinajstić information content (AvgIpc) is 2.57. The number of piperazine rings is 1. The first-order valence-electron chi connectivity index (χ1n) is 8.98. The first-order valence-corrected chi connectivity index (χ1v) is 10.8. The van der Waals surface area contributed by atoms with Gasteiger partial charge in [-0.1, -0.05) is 42.5 Å². The molecule has 2 aromatic carbocycles. The summed E-state index contributed by atoms with van der Waals surface area (Å²) in [6, 6.07) is 14.1. The van der Waals surface area contributed by atoms with E-state index in [4.69, 9.17) is 9.79 Å². The minimum atomic E-state index is -4.00. The zero-order valence-electron chi connectivity index (χ0n) is 15.4. The molecular weight excluding hydrogens is 347 g/mol. The van der Waals surface area contributed by atoms with Crippen LogP contribution in [-0.2, 0) is 17.3 Å². The van der Waals surface area contributed by atoms with E-state index in [1.165, 1.54) is 22.4 Å². The van der Waals surface area contributed by atoms with Crippen molar-refractivity contribution in [1.82, 2.24) is 4.90 Å². The fraction of sp³-hybridized carbons (Fsp3) is 0.400. The van der Waals surface area contributed by atoms with Crippen LogP contribution in [0.5, 0.6) is 0 Å². The molecule has 1 aliphatic heterocycles. The second kappa shape index (κ2) is 7.93. The monoisotopic (exact) mass is 374 g/mol. The predicted octanol–water partition coefficient (Wildman–Crippen LogP) is 3.30. The van der Waals surface area contributed by atoms with Crippen LogP contribution in [0.4, 0.5) is 5.69 Å². The number of para-hydroxylation sites is 1. The Hall–Kier alpha value is -1.65. The molecule has 1 aliphatic rings. The third kappa shape index (κ3) is 4.95. The lowest BCUT2D eigenvalue weighted by Gasteiger charge is -2.37. The Morgan fingerprint density at radius 3 is 1.96 bits per heavy atom. The van der Waals surface area contributed by atoms with Crippen LogP contribution >= 0.6 is 7.60 Å². The van der Waals surface area contributed by atoms with Gasteiger partial charge in [-0.2, -0.15) is 0 Å². The van der Waals surface area contributed by atoms with Gasteiger partial charge in [0.1, 0.15) is 0 Å². The third-order valence-corrected chi connectivity index (χ3v) is 5.72. The first kappa shape index (κ1) is 19.1. The summed E-state index contributed by atoms with van der Waals surface area (Å²) in [5.74, 6) is 0. The van der Waals surface area contributed by atoms with E-state index in [2.05, 4.69) is 41.8 Å². The molecule has 2 aromatic rings. The van der Waals surface area contributed by atoms with Crippen molar-refractivity contribution < 1.29 is 14.4 Å². The summed E-state index contributed by atoms with van der Waals surface area (Å²) in [6.07, 6.45) is -0.193. The number of rotatable bonds is 5. The van der Waals surface area contributed by atoms with Gasteiger partial charge in [-0.05, 0) is 36.1 Å². The summed E-state index contributed by atoms with van der Waals surface area (Å²) >= 11 is 0. The molecule has 0 amide bonds. The van der Waals surface area contributed by atoms with Gasteiger partial charge in [0.15, 0.2) is 0 Å². The van der Waals surface area contributed by atoms with E-state index in [0.717, 1.165) is 32.7 Å². The maximum atomic E-state index is 11.1. The molecule has 0 atom stereocenters. The molecule has 5 nitrogen and oxygen atoms in total. The molecule has 1 fully saturated rings. The molecule has 0 spiro atoms. The Morgan fingerprint density at radius 2 is 1.42 bits per heavy atom. The number of nitrogens with zero attached hydrogens (tertiary/aromatic N) is 2. The Bertz CT molecular complexity index is 773. The maximum Gasteiger partial charge on any atom is 0.329 e. The fourth-order valence-corrected chi connectivity index (χ4v) is 4.37. The van der Waals surface area contributed by atoms with Crippen molar-refractivity contribution in [3.8, 4) is 0 Å². The fourth-order valence-electron chi connectivity index (χ4n) is 3.68. The zero-order chi connectivity index (χ0) is 18.7. The molecule has 0 radical (unpaired) electrons. The van der Waals surface area contributed by atoms with Crippen LogP contribution < -0.4 is 4.90 Å². The highest BCUT2D eigenvalue weighted by molar-refractivity contribution is 7.50. The van der Waals surface area contributed by atoms with Crippen LogP contribution in [0, 0.1) is 13.8 Å². The zero-order valence-corrected chi connectivity index (χ0v) is 16.3. The molecule has 0 saturated carbocycles. The summed E-state index contributed by atoms with van der Waals surface area (Å²) in [5, 5.41) is 0. The number of benzene rings is 2. The Morgan fingerprint density at radius 1 is 0.885 bits per heavy atom. The number of aryl methyl sites for hydroxylation is 2. The second-order valence-corrected chi connectivity index (χ2v) is 8.79. The number of hydrogen-bond donors (Lipinski definition) is 2. The van der Waals surface area contributed by atoms with Gasteiger partial charge in [0, 0.05) is 38.4 Å². The van der Waals surface area contributed by atoms with Crippen molar-refractivity contribution in [3.05, 3.63) is 64.7 Å². The molecule has 3 rings (SSSR count). The van der Waals surface area contributed by atoms with Crippen molar-refractivity contribution >= 4 is 13.3 Å². The molecule has 0 aromatic heterocycles. The Balaban J connectivity index is 1.56. The largest absolute Gasteiger partial charge is 0.369 e. The highest BCUT2D eigenvalue weighted by Crippen LogP contribution is 2.38. The molecule has 0 unspecified atom stereocenters. The Labute approximate surface area is 155 Å². The van der Waals surface area contributed by atoms with Crippen molar-refractivity contribution in [3.63, 3.8) is 0 Å². The lowest BCUT2D eigenvalue weighted by Crippen LogP contribution is -2.46. The quantitative estimate of drug-likeness (QED) is 0.787. The summed E-state index contributed by atoms with van der Waals surface area (Å²) in [5.41, 5.74) is 5.90. The van der Waals surface area contributed by atoms with Crippen LogP contribution in [0.2, 0.25) is 0 Å². The standard InChI is InChI=1S/C20H27N2O3P/c1-16-4-3-5-17(2)20(16)22-12-10-21(11-13-22)14-18-6-8-19(9-7-18)15-26(23,24)25/h3-9H,10-15H2,1-2H3,(H2,23,24,25). The van der Waals surface area contributed by atoms with Gasteiger partial charge in [-0.3, -0.25) is 9.46 Å². The van der Waals surface area contributed by atoms with Gasteiger partial charge >= 0.3 is 7.60 Å². The van der Waals surface area contributed by atoms with E-state index >= 15 is 0 Å². The topological polar surface area (TPSA) is 64.0 Å². The van der Waals surface area contributed by atoms with Crippen LogP contribution in [0.25, 0.3) is 0 Å². The number of anilines is 1. The van der Waals surface area contributed by atoms with E-state index in [1.54, 1.807) is 0 Å². The van der Waals surface area contributed by atoms with Crippen LogP contribution in [-0.4, -0.2) is 40.9 Å².